The van der Waals surface area contributed by atoms with Gasteiger partial charge in [-0.1, -0.05) is 0 Å². The lowest BCUT2D eigenvalue weighted by atomic mass is 10.4. The molecule has 0 aromatic carbocycles. The largest absolute Gasteiger partial charge is 0.481 e. The highest BCUT2D eigenvalue weighted by atomic mass is 16.4. The molecule has 15 heavy (non-hydrogen) atoms. The van der Waals surface area contributed by atoms with E-state index < -0.39 is 11.5 Å². The number of aliphatic carboxylic acids is 1. The van der Waals surface area contributed by atoms with Gasteiger partial charge < -0.3 is 10.8 Å². The standard InChI is InChI=1S/C7H7N5O3/c8-3-1-5(13)10-7-9-4(2-6(14)15)11-12(3)7/h1H,2,8H2,(H,14,15)(H,9,10,11,13). The van der Waals surface area contributed by atoms with Crippen LogP contribution in [0.2, 0.25) is 0 Å². The van der Waals surface area contributed by atoms with Crippen molar-refractivity contribution in [2.45, 2.75) is 6.42 Å². The molecule has 0 aliphatic carbocycles. The number of nitrogens with one attached hydrogen (secondary N) is 1. The van der Waals surface area contributed by atoms with E-state index in [1.807, 2.05) is 0 Å². The van der Waals surface area contributed by atoms with Crippen LogP contribution >= 0.6 is 0 Å². The highest BCUT2D eigenvalue weighted by Gasteiger charge is 2.09. The number of anilines is 1. The number of hydrogen-bond donors (Lipinski definition) is 3. The Labute approximate surface area is 82.4 Å². The van der Waals surface area contributed by atoms with Crippen LogP contribution in [-0.2, 0) is 11.2 Å². The molecule has 2 aromatic heterocycles. The minimum Gasteiger partial charge on any atom is -0.481 e. The number of nitrogens with zero attached hydrogens (tertiary/aromatic N) is 3. The second-order valence-electron chi connectivity index (χ2n) is 2.89. The molecule has 2 rings (SSSR count). The maximum atomic E-state index is 11.0. The highest BCUT2D eigenvalue weighted by Crippen LogP contribution is 2.02. The molecule has 0 amide bonds. The van der Waals surface area contributed by atoms with Crippen molar-refractivity contribution in [1.29, 1.82) is 0 Å². The lowest BCUT2D eigenvalue weighted by Crippen LogP contribution is -2.11. The number of fused-ring (bicyclic) bond motifs is 1. The summed E-state index contributed by atoms with van der Waals surface area (Å²) in [6, 6.07) is 1.15. The van der Waals surface area contributed by atoms with Gasteiger partial charge in [-0.15, -0.1) is 5.10 Å². The first-order chi connectivity index (χ1) is 7.06. The summed E-state index contributed by atoms with van der Waals surface area (Å²) < 4.78 is 1.18. The van der Waals surface area contributed by atoms with Gasteiger partial charge in [0.05, 0.1) is 0 Å². The molecule has 0 fully saturated rings. The molecule has 2 heterocycles. The Morgan fingerprint density at radius 2 is 2.40 bits per heavy atom. The summed E-state index contributed by atoms with van der Waals surface area (Å²) in [6.07, 6.45) is -0.316. The zero-order valence-electron chi connectivity index (χ0n) is 7.47. The van der Waals surface area contributed by atoms with Crippen LogP contribution < -0.4 is 11.3 Å². The first kappa shape index (κ1) is 9.19. The van der Waals surface area contributed by atoms with Crippen LogP contribution in [-0.4, -0.2) is 30.7 Å². The second kappa shape index (κ2) is 3.08. The Hall–Kier alpha value is -2.38. The SMILES string of the molecule is Nc1cc(=O)[nH]c2nc(CC(=O)O)nn12. The van der Waals surface area contributed by atoms with E-state index in [0.717, 1.165) is 6.07 Å². The number of carboxylic acids is 1. The van der Waals surface area contributed by atoms with Crippen molar-refractivity contribution >= 4 is 17.6 Å². The van der Waals surface area contributed by atoms with E-state index in [4.69, 9.17) is 10.8 Å². The Morgan fingerprint density at radius 3 is 3.07 bits per heavy atom. The Balaban J connectivity index is 2.60. The minimum atomic E-state index is -1.05. The third kappa shape index (κ3) is 1.64. The smallest absolute Gasteiger partial charge is 0.311 e. The van der Waals surface area contributed by atoms with Crippen molar-refractivity contribution in [3.8, 4) is 0 Å². The first-order valence-corrected chi connectivity index (χ1v) is 4.02. The normalized spacial score (nSPS) is 10.7. The molecule has 0 radical (unpaired) electrons. The summed E-state index contributed by atoms with van der Waals surface area (Å²) in [6.45, 7) is 0. The van der Waals surface area contributed by atoms with E-state index in [1.165, 1.54) is 4.52 Å². The minimum absolute atomic E-state index is 0.0936. The van der Waals surface area contributed by atoms with Gasteiger partial charge >= 0.3 is 5.97 Å². The van der Waals surface area contributed by atoms with Crippen LogP contribution in [0.5, 0.6) is 0 Å². The average Bonchev–Trinajstić information content (AvgIpc) is 2.45. The van der Waals surface area contributed by atoms with E-state index in [1.54, 1.807) is 0 Å². The van der Waals surface area contributed by atoms with Crippen LogP contribution in [0.25, 0.3) is 5.78 Å². The number of carboxylic acid groups (broad SMARTS) is 1. The Kier molecular flexibility index (Phi) is 1.89. The molecule has 0 unspecified atom stereocenters. The van der Waals surface area contributed by atoms with E-state index >= 15 is 0 Å². The number of nitrogen functional groups attached to an aromatic ring is 1. The van der Waals surface area contributed by atoms with Gasteiger partial charge in [0, 0.05) is 6.07 Å². The first-order valence-electron chi connectivity index (χ1n) is 4.02. The molecule has 0 aliphatic heterocycles. The summed E-state index contributed by atoms with van der Waals surface area (Å²) >= 11 is 0. The van der Waals surface area contributed by atoms with Crippen LogP contribution in [0.1, 0.15) is 5.82 Å². The van der Waals surface area contributed by atoms with E-state index in [9.17, 15) is 9.59 Å². The topological polar surface area (TPSA) is 126 Å². The zero-order chi connectivity index (χ0) is 11.0. The van der Waals surface area contributed by atoms with Crippen LogP contribution in [0.3, 0.4) is 0 Å². The maximum Gasteiger partial charge on any atom is 0.311 e. The van der Waals surface area contributed by atoms with Crippen LogP contribution in [0.15, 0.2) is 10.9 Å². The number of hydrogen-bond acceptors (Lipinski definition) is 5. The summed E-state index contributed by atoms with van der Waals surface area (Å²) in [5.41, 5.74) is 5.09. The molecule has 2 aromatic rings. The molecule has 78 valence electrons. The predicted octanol–water partition coefficient (Wildman–Crippen LogP) is -1.37. The number of aromatic nitrogens is 4. The van der Waals surface area contributed by atoms with Crippen molar-refractivity contribution in [1.82, 2.24) is 19.6 Å². The fraction of sp³-hybridized carbons (Fsp3) is 0.143. The molecule has 0 aliphatic rings. The summed E-state index contributed by atoms with van der Waals surface area (Å²) in [5, 5.41) is 12.3. The Bertz CT molecular complexity index is 584. The van der Waals surface area contributed by atoms with E-state index in [0.29, 0.717) is 0 Å². The molecule has 8 heteroatoms. The molecule has 8 nitrogen and oxygen atoms in total. The van der Waals surface area contributed by atoms with Crippen molar-refractivity contribution in [3.63, 3.8) is 0 Å². The van der Waals surface area contributed by atoms with Crippen molar-refractivity contribution in [2.24, 2.45) is 0 Å². The number of H-pyrrole nitrogens is 1. The lowest BCUT2D eigenvalue weighted by molar-refractivity contribution is -0.136. The fourth-order valence-electron chi connectivity index (χ4n) is 1.17. The van der Waals surface area contributed by atoms with Gasteiger partial charge in [0.15, 0.2) is 5.82 Å². The lowest BCUT2D eigenvalue weighted by Gasteiger charge is -1.93. The monoisotopic (exact) mass is 209 g/mol. The third-order valence-electron chi connectivity index (χ3n) is 1.72. The number of aromatic amines is 1. The number of rotatable bonds is 2. The molecule has 0 spiro atoms. The highest BCUT2D eigenvalue weighted by molar-refractivity contribution is 5.69. The van der Waals surface area contributed by atoms with Crippen LogP contribution in [0, 0.1) is 0 Å². The maximum absolute atomic E-state index is 11.0. The van der Waals surface area contributed by atoms with Gasteiger partial charge in [-0.25, -0.2) is 0 Å². The fourth-order valence-corrected chi connectivity index (χ4v) is 1.17. The van der Waals surface area contributed by atoms with Crippen LogP contribution in [0.4, 0.5) is 5.82 Å². The zero-order valence-corrected chi connectivity index (χ0v) is 7.47. The van der Waals surface area contributed by atoms with Crippen molar-refractivity contribution in [3.05, 3.63) is 22.2 Å². The molecular weight excluding hydrogens is 202 g/mol. The van der Waals surface area contributed by atoms with Gasteiger partial charge in [0.25, 0.3) is 5.56 Å². The van der Waals surface area contributed by atoms with Gasteiger partial charge in [-0.2, -0.15) is 9.50 Å². The Morgan fingerprint density at radius 1 is 1.67 bits per heavy atom. The molecule has 0 saturated carbocycles. The number of nitrogens with two attached hydrogens (primary N) is 1. The second-order valence-corrected chi connectivity index (χ2v) is 2.89. The van der Waals surface area contributed by atoms with Crippen molar-refractivity contribution < 1.29 is 9.90 Å². The summed E-state index contributed by atoms with van der Waals surface area (Å²) in [5.74, 6) is -0.711. The van der Waals surface area contributed by atoms with Crippen molar-refractivity contribution in [2.75, 3.05) is 5.73 Å². The van der Waals surface area contributed by atoms with Gasteiger partial charge in [-0.05, 0) is 0 Å². The quantitative estimate of drug-likeness (QED) is 0.559. The molecule has 0 atom stereocenters. The van der Waals surface area contributed by atoms with Gasteiger partial charge in [0.1, 0.15) is 12.2 Å². The molecule has 0 saturated heterocycles. The summed E-state index contributed by atoms with van der Waals surface area (Å²) in [4.78, 5) is 27.6. The van der Waals surface area contributed by atoms with Gasteiger partial charge in [0.2, 0.25) is 5.78 Å². The van der Waals surface area contributed by atoms with E-state index in [2.05, 4.69) is 15.1 Å². The van der Waals surface area contributed by atoms with Gasteiger partial charge in [-0.3, -0.25) is 14.6 Å². The third-order valence-corrected chi connectivity index (χ3v) is 1.72. The summed E-state index contributed by atoms with van der Waals surface area (Å²) in [7, 11) is 0. The predicted molar refractivity (Wildman–Crippen MR) is 49.4 cm³/mol. The number of carbonyl (C=O) groups is 1. The molecule has 0 bridgehead atoms. The molecular formula is C7H7N5O3. The van der Waals surface area contributed by atoms with E-state index in [-0.39, 0.29) is 23.8 Å². The molecule has 4 N–H and O–H groups in total. The average molecular weight is 209 g/mol.